The fraction of sp³-hybridized carbons (Fsp3) is 0.0526. The zero-order valence-corrected chi connectivity index (χ0v) is 22.7. The third-order valence-electron chi connectivity index (χ3n) is 4.99. The summed E-state index contributed by atoms with van der Waals surface area (Å²) in [5, 5.41) is 0. The van der Waals surface area contributed by atoms with Crippen molar-refractivity contribution in [3.8, 4) is 0 Å². The van der Waals surface area contributed by atoms with Gasteiger partial charge in [0.05, 0.1) is 0 Å². The van der Waals surface area contributed by atoms with Gasteiger partial charge in [-0.25, -0.2) is 0 Å². The lowest BCUT2D eigenvalue weighted by atomic mass is 9.94. The Labute approximate surface area is 222 Å². The molecule has 3 aromatic carbocycles. The molecule has 0 atom stereocenters. The third-order valence-corrected chi connectivity index (χ3v) is 6.78. The van der Waals surface area contributed by atoms with Gasteiger partial charge < -0.3 is 13.5 Å². The molecule has 10 heteroatoms. The van der Waals surface area contributed by atoms with Gasteiger partial charge in [0.2, 0.25) is 0 Å². The molecule has 0 aromatic heterocycles. The molecule has 29 heavy (non-hydrogen) atoms. The average molecular weight is 458 g/mol. The van der Waals surface area contributed by atoms with Gasteiger partial charge in [-0.3, -0.25) is 0 Å². The van der Waals surface area contributed by atoms with Crippen LogP contribution in [0.2, 0.25) is 0 Å². The Hall–Kier alpha value is 0.0548. The van der Waals surface area contributed by atoms with Gasteiger partial charge in [-0.1, -0.05) is 0 Å². The van der Waals surface area contributed by atoms with Crippen molar-refractivity contribution in [2.24, 2.45) is 0 Å². The predicted molar refractivity (Wildman–Crippen MR) is 126 cm³/mol. The topological polar surface area (TPSA) is 13.0 Å². The number of rotatable bonds is 4. The summed E-state index contributed by atoms with van der Waals surface area (Å²) < 4.78 is 5.94. The van der Waals surface area contributed by atoms with Gasteiger partial charge in [0.25, 0.3) is 99.1 Å². The Morgan fingerprint density at radius 3 is 1.38 bits per heavy atom. The van der Waals surface area contributed by atoms with Gasteiger partial charge in [0, 0.05) is 23.5 Å². The summed E-state index contributed by atoms with van der Waals surface area (Å²) in [6.45, 7) is 0. The predicted octanol–water partition coefficient (Wildman–Crippen LogP) is 1.98. The van der Waals surface area contributed by atoms with Crippen LogP contribution in [0.4, 0.5) is 34.1 Å². The lowest BCUT2D eigenvalue weighted by molar-refractivity contribution is 1.09. The van der Waals surface area contributed by atoms with Gasteiger partial charge >= 0.3 is 0 Å². The molecular formula is C19H12Al6N4. The van der Waals surface area contributed by atoms with Crippen LogP contribution in [0.5, 0.6) is 0 Å². The molecule has 4 rings (SSSR count). The quantitative estimate of drug-likeness (QED) is 0.434. The van der Waals surface area contributed by atoms with Crippen molar-refractivity contribution < 1.29 is 0 Å². The monoisotopic (exact) mass is 458 g/mol. The van der Waals surface area contributed by atoms with E-state index in [0.717, 1.165) is 29.2 Å². The van der Waals surface area contributed by atoms with Crippen LogP contribution < -0.4 is 13.5 Å². The maximum Gasteiger partial charge on any atom is 0.277 e. The lowest BCUT2D eigenvalue weighted by Crippen LogP contribution is -2.21. The normalized spacial score (nSPS) is 12.1. The van der Waals surface area contributed by atoms with Crippen LogP contribution in [0.25, 0.3) is 0 Å². The van der Waals surface area contributed by atoms with E-state index < -0.39 is 0 Å². The molecule has 1 aliphatic rings. The molecule has 3 aromatic rings. The molecule has 0 saturated heterocycles. The van der Waals surface area contributed by atoms with Crippen LogP contribution in [-0.2, 0) is 6.42 Å². The second-order valence-corrected chi connectivity index (χ2v) is 12.0. The van der Waals surface area contributed by atoms with Crippen molar-refractivity contribution in [3.05, 3.63) is 71.8 Å². The van der Waals surface area contributed by atoms with Crippen molar-refractivity contribution in [1.82, 2.24) is 0 Å². The molecule has 0 saturated carbocycles. The minimum atomic E-state index is 0.901. The highest BCUT2D eigenvalue weighted by Crippen LogP contribution is 2.45. The van der Waals surface area contributed by atoms with Crippen LogP contribution in [0.15, 0.2) is 60.7 Å². The maximum atomic E-state index is 2.70. The summed E-state index contributed by atoms with van der Waals surface area (Å²) in [4.78, 5) is 2.35. The Morgan fingerprint density at radius 2 is 0.966 bits per heavy atom. The molecule has 1 aliphatic heterocycles. The van der Waals surface area contributed by atoms with Crippen LogP contribution >= 0.6 is 0 Å². The summed E-state index contributed by atoms with van der Waals surface area (Å²) in [5.74, 6) is 0. The Bertz CT molecular complexity index is 982. The zero-order valence-electron chi connectivity index (χ0n) is 15.7. The van der Waals surface area contributed by atoms with Gasteiger partial charge in [0.1, 0.15) is 0 Å². The van der Waals surface area contributed by atoms with E-state index in [0.29, 0.717) is 0 Å². The Balaban J connectivity index is 1.87. The first-order valence-electron chi connectivity index (χ1n) is 8.90. The number of hydrogen-bond donors (Lipinski definition) is 0. The standard InChI is InChI=1S/C19H12N4.6Al/c20-14-1-5-17(6-2-14)23-18-7-3-15(21)10-12(18)9-13-11-16(22)4-8-19(13)23;;;;;;/h1-8,10-11H,9H2;;;;;;. The molecule has 4 nitrogen and oxygen atoms in total. The molecule has 1 heterocycles. The number of benzene rings is 3. The summed E-state index contributed by atoms with van der Waals surface area (Å²) in [5.41, 5.74) is 9.63. The van der Waals surface area contributed by atoms with E-state index in [-0.39, 0.29) is 0 Å². The SMILES string of the molecule is [Al][N]([Al])c1ccc(N2c3ccc([N]([Al])[Al])cc3Cc3cc([N]([Al])[Al])ccc32)cc1. The van der Waals surface area contributed by atoms with Crippen LogP contribution in [0.3, 0.4) is 0 Å². The van der Waals surface area contributed by atoms with E-state index in [1.807, 2.05) is 8.60 Å². The largest absolute Gasteiger partial charge is 0.587 e. The zero-order chi connectivity index (χ0) is 20.7. The van der Waals surface area contributed by atoms with Gasteiger partial charge in [-0.2, -0.15) is 0 Å². The summed E-state index contributed by atoms with van der Waals surface area (Å²) in [7, 11) is 0. The Morgan fingerprint density at radius 1 is 0.552 bits per heavy atom. The molecular weight excluding hydrogens is 446 g/mol. The fourth-order valence-corrected chi connectivity index (χ4v) is 4.56. The van der Waals surface area contributed by atoms with Crippen molar-refractivity contribution in [2.75, 3.05) is 13.5 Å². The minimum Gasteiger partial charge on any atom is -0.587 e. The molecule has 0 bridgehead atoms. The van der Waals surface area contributed by atoms with Gasteiger partial charge in [0.15, 0.2) is 0 Å². The molecule has 0 spiro atoms. The number of anilines is 6. The molecule has 0 aliphatic carbocycles. The first-order valence-corrected chi connectivity index (χ1v) is 12.0. The number of fused-ring (bicyclic) bond motifs is 2. The highest BCUT2D eigenvalue weighted by atomic mass is 27.1. The second kappa shape index (κ2) is 9.27. The average Bonchev–Trinajstić information content (AvgIpc) is 2.71. The van der Waals surface area contributed by atoms with E-state index >= 15 is 0 Å². The van der Waals surface area contributed by atoms with E-state index in [1.165, 1.54) is 22.5 Å². The van der Waals surface area contributed by atoms with Crippen LogP contribution in [0, 0.1) is 0 Å². The highest BCUT2D eigenvalue weighted by Gasteiger charge is 2.24. The first-order chi connectivity index (χ1) is 13.8. The highest BCUT2D eigenvalue weighted by molar-refractivity contribution is 6.42. The summed E-state index contributed by atoms with van der Waals surface area (Å²) >= 11 is 16.1. The van der Waals surface area contributed by atoms with Crippen LogP contribution in [0.1, 0.15) is 11.1 Å². The molecule has 0 fully saturated rings. The van der Waals surface area contributed by atoms with E-state index in [4.69, 9.17) is 0 Å². The molecule has 0 N–H and O–H groups in total. The lowest BCUT2D eigenvalue weighted by Gasteiger charge is -2.36. The van der Waals surface area contributed by atoms with Crippen molar-refractivity contribution in [3.63, 3.8) is 0 Å². The second-order valence-electron chi connectivity index (χ2n) is 6.88. The first kappa shape index (κ1) is 22.3. The van der Waals surface area contributed by atoms with E-state index in [9.17, 15) is 0 Å². The summed E-state index contributed by atoms with van der Waals surface area (Å²) in [6, 6.07) is 21.9. The third kappa shape index (κ3) is 4.64. The maximum absolute atomic E-state index is 2.70. The minimum absolute atomic E-state index is 0.901. The van der Waals surface area contributed by atoms with Crippen molar-refractivity contribution >= 4 is 133 Å². The van der Waals surface area contributed by atoms with Crippen LogP contribution in [-0.4, -0.2) is 99.1 Å². The molecule has 12 radical (unpaired) electrons. The molecule has 0 unspecified atom stereocenters. The molecule has 126 valence electrons. The Kier molecular flexibility index (Phi) is 7.12. The summed E-state index contributed by atoms with van der Waals surface area (Å²) in [6.07, 6.45) is 0.901. The van der Waals surface area contributed by atoms with Crippen molar-refractivity contribution in [2.45, 2.75) is 6.42 Å². The van der Waals surface area contributed by atoms with Gasteiger partial charge in [-0.15, -0.1) is 0 Å². The fourth-order valence-electron chi connectivity index (χ4n) is 3.57. The van der Waals surface area contributed by atoms with Gasteiger partial charge in [-0.05, 0) is 88.9 Å². The number of nitrogens with zero attached hydrogens (tertiary/aromatic N) is 4. The smallest absolute Gasteiger partial charge is 0.277 e. The van der Waals surface area contributed by atoms with E-state index in [1.54, 1.807) is 0 Å². The molecule has 0 amide bonds. The van der Waals surface area contributed by atoms with Crippen molar-refractivity contribution in [1.29, 1.82) is 0 Å². The number of hydrogen-bond acceptors (Lipinski definition) is 4. The van der Waals surface area contributed by atoms with E-state index in [2.05, 4.69) is 165 Å².